The van der Waals surface area contributed by atoms with E-state index in [1.54, 1.807) is 0 Å². The Bertz CT molecular complexity index is 459. The Morgan fingerprint density at radius 1 is 1.39 bits per heavy atom. The second kappa shape index (κ2) is 5.85. The van der Waals surface area contributed by atoms with E-state index in [0.29, 0.717) is 5.75 Å². The number of esters is 1. The van der Waals surface area contributed by atoms with Crippen LogP contribution < -0.4 is 9.47 Å². The molecule has 1 rings (SSSR count). The molecule has 0 saturated heterocycles. The maximum absolute atomic E-state index is 11.2. The lowest BCUT2D eigenvalue weighted by Crippen LogP contribution is -2.25. The summed E-state index contributed by atoms with van der Waals surface area (Å²) in [5.74, 6) is -0.267. The van der Waals surface area contributed by atoms with Gasteiger partial charge in [0.15, 0.2) is 6.10 Å². The summed E-state index contributed by atoms with van der Waals surface area (Å²) in [6, 6.07) is 4.03. The molecule has 0 fully saturated rings. The van der Waals surface area contributed by atoms with Crippen molar-refractivity contribution in [1.82, 2.24) is 0 Å². The van der Waals surface area contributed by atoms with Crippen LogP contribution >= 0.6 is 0 Å². The van der Waals surface area contributed by atoms with Crippen molar-refractivity contribution in [3.8, 4) is 11.5 Å². The van der Waals surface area contributed by atoms with Gasteiger partial charge < -0.3 is 14.2 Å². The molecule has 18 heavy (non-hydrogen) atoms. The minimum Gasteiger partial charge on any atom is -0.497 e. The molecule has 7 nitrogen and oxygen atoms in total. The number of benzene rings is 1. The maximum atomic E-state index is 11.2. The smallest absolute Gasteiger partial charge is 0.346 e. The van der Waals surface area contributed by atoms with Crippen molar-refractivity contribution in [3.63, 3.8) is 0 Å². The molecule has 0 aliphatic heterocycles. The van der Waals surface area contributed by atoms with Crippen molar-refractivity contribution < 1.29 is 23.9 Å². The minimum absolute atomic E-state index is 0.0442. The number of rotatable bonds is 5. The fourth-order valence-electron chi connectivity index (χ4n) is 1.27. The third-order valence-electron chi connectivity index (χ3n) is 2.20. The lowest BCUT2D eigenvalue weighted by atomic mass is 10.2. The number of nitrogens with zero attached hydrogens (tertiary/aromatic N) is 1. The predicted octanol–water partition coefficient (Wildman–Crippen LogP) is 1.54. The Kier molecular flexibility index (Phi) is 4.47. The molecule has 0 aliphatic carbocycles. The average Bonchev–Trinajstić information content (AvgIpc) is 2.37. The normalized spacial score (nSPS) is 11.5. The molecule has 0 bridgehead atoms. The van der Waals surface area contributed by atoms with Crippen molar-refractivity contribution in [1.29, 1.82) is 0 Å². The van der Waals surface area contributed by atoms with E-state index in [0.717, 1.165) is 0 Å². The SMILES string of the molecule is COC(=O)[C@@H](C)Oc1cc(OC)ccc1[N+](=O)[O-]. The quantitative estimate of drug-likeness (QED) is 0.450. The predicted molar refractivity (Wildman–Crippen MR) is 61.8 cm³/mol. The van der Waals surface area contributed by atoms with Crippen LogP contribution in [0.2, 0.25) is 0 Å². The van der Waals surface area contributed by atoms with Crippen LogP contribution in [0.3, 0.4) is 0 Å². The zero-order valence-corrected chi connectivity index (χ0v) is 10.2. The number of nitro groups is 1. The first kappa shape index (κ1) is 13.8. The number of hydrogen-bond donors (Lipinski definition) is 0. The average molecular weight is 255 g/mol. The summed E-state index contributed by atoms with van der Waals surface area (Å²) in [4.78, 5) is 21.4. The first-order valence-electron chi connectivity index (χ1n) is 5.06. The van der Waals surface area contributed by atoms with Gasteiger partial charge in [-0.2, -0.15) is 0 Å². The van der Waals surface area contributed by atoms with Gasteiger partial charge in [-0.05, 0) is 13.0 Å². The first-order chi connectivity index (χ1) is 8.49. The molecule has 1 aromatic carbocycles. The highest BCUT2D eigenvalue weighted by atomic mass is 16.6. The van der Waals surface area contributed by atoms with Crippen molar-refractivity contribution in [2.75, 3.05) is 14.2 Å². The summed E-state index contributed by atoms with van der Waals surface area (Å²) in [6.07, 6.45) is -0.944. The summed E-state index contributed by atoms with van der Waals surface area (Å²) in [5, 5.41) is 10.8. The monoisotopic (exact) mass is 255 g/mol. The summed E-state index contributed by atoms with van der Waals surface area (Å²) in [6.45, 7) is 1.44. The van der Waals surface area contributed by atoms with E-state index in [1.165, 1.54) is 39.3 Å². The molecule has 0 amide bonds. The standard InChI is InChI=1S/C11H13NO6/c1-7(11(13)17-3)18-10-6-8(16-2)4-5-9(10)12(14)15/h4-7H,1-3H3/t7-/m1/s1. The fourth-order valence-corrected chi connectivity index (χ4v) is 1.27. The van der Waals surface area contributed by atoms with Crippen LogP contribution in [-0.2, 0) is 9.53 Å². The molecular formula is C11H13NO6. The molecule has 1 aromatic rings. The van der Waals surface area contributed by atoms with Gasteiger partial charge in [-0.3, -0.25) is 10.1 Å². The van der Waals surface area contributed by atoms with E-state index in [2.05, 4.69) is 4.74 Å². The lowest BCUT2D eigenvalue weighted by molar-refractivity contribution is -0.386. The minimum atomic E-state index is -0.944. The molecule has 0 saturated carbocycles. The second-order valence-electron chi connectivity index (χ2n) is 3.37. The molecule has 0 N–H and O–H groups in total. The van der Waals surface area contributed by atoms with Crippen LogP contribution in [0.1, 0.15) is 6.92 Å². The van der Waals surface area contributed by atoms with Crippen molar-refractivity contribution in [2.24, 2.45) is 0 Å². The molecule has 98 valence electrons. The topological polar surface area (TPSA) is 87.9 Å². The number of methoxy groups -OCH3 is 2. The van der Waals surface area contributed by atoms with Gasteiger partial charge in [0.2, 0.25) is 5.75 Å². The Hall–Kier alpha value is -2.31. The van der Waals surface area contributed by atoms with E-state index in [4.69, 9.17) is 9.47 Å². The number of ether oxygens (including phenoxy) is 3. The molecule has 0 heterocycles. The molecule has 1 atom stereocenters. The molecule has 0 spiro atoms. The third kappa shape index (κ3) is 3.09. The van der Waals surface area contributed by atoms with Crippen LogP contribution in [0, 0.1) is 10.1 Å². The highest BCUT2D eigenvalue weighted by molar-refractivity contribution is 5.74. The van der Waals surface area contributed by atoms with Gasteiger partial charge in [0.05, 0.1) is 19.1 Å². The zero-order chi connectivity index (χ0) is 13.7. The van der Waals surface area contributed by atoms with Gasteiger partial charge in [-0.15, -0.1) is 0 Å². The van der Waals surface area contributed by atoms with Crippen LogP contribution in [0.4, 0.5) is 5.69 Å². The van der Waals surface area contributed by atoms with Gasteiger partial charge in [-0.1, -0.05) is 0 Å². The molecule has 0 radical (unpaired) electrons. The molecule has 0 unspecified atom stereocenters. The van der Waals surface area contributed by atoms with E-state index in [9.17, 15) is 14.9 Å². The van der Waals surface area contributed by atoms with Crippen LogP contribution in [0.25, 0.3) is 0 Å². The van der Waals surface area contributed by atoms with Gasteiger partial charge in [0.25, 0.3) is 0 Å². The van der Waals surface area contributed by atoms with E-state index >= 15 is 0 Å². The maximum Gasteiger partial charge on any atom is 0.346 e. The third-order valence-corrected chi connectivity index (χ3v) is 2.20. The number of nitro benzene ring substituents is 1. The molecule has 0 aliphatic rings. The van der Waals surface area contributed by atoms with E-state index < -0.39 is 17.0 Å². The lowest BCUT2D eigenvalue weighted by Gasteiger charge is -2.13. The van der Waals surface area contributed by atoms with Crippen LogP contribution in [0.15, 0.2) is 18.2 Å². The Morgan fingerprint density at radius 3 is 2.56 bits per heavy atom. The summed E-state index contributed by atoms with van der Waals surface area (Å²) in [7, 11) is 2.64. The van der Waals surface area contributed by atoms with Crippen molar-refractivity contribution in [3.05, 3.63) is 28.3 Å². The van der Waals surface area contributed by atoms with E-state index in [1.807, 2.05) is 0 Å². The van der Waals surface area contributed by atoms with E-state index in [-0.39, 0.29) is 11.4 Å². The van der Waals surface area contributed by atoms with Gasteiger partial charge >= 0.3 is 11.7 Å². The Labute approximate surface area is 103 Å². The van der Waals surface area contributed by atoms with Gasteiger partial charge in [0.1, 0.15) is 5.75 Å². The molecule has 0 aromatic heterocycles. The Balaban J connectivity index is 3.04. The second-order valence-corrected chi connectivity index (χ2v) is 3.37. The summed E-state index contributed by atoms with van der Waals surface area (Å²) in [5.41, 5.74) is -0.244. The highest BCUT2D eigenvalue weighted by Crippen LogP contribution is 2.31. The fraction of sp³-hybridized carbons (Fsp3) is 0.364. The van der Waals surface area contributed by atoms with Crippen molar-refractivity contribution in [2.45, 2.75) is 13.0 Å². The Morgan fingerprint density at radius 2 is 2.06 bits per heavy atom. The van der Waals surface area contributed by atoms with Gasteiger partial charge in [0, 0.05) is 12.1 Å². The zero-order valence-electron chi connectivity index (χ0n) is 10.2. The highest BCUT2D eigenvalue weighted by Gasteiger charge is 2.22. The number of carbonyl (C=O) groups excluding carboxylic acids is 1. The first-order valence-corrected chi connectivity index (χ1v) is 5.06. The van der Waals surface area contributed by atoms with Gasteiger partial charge in [-0.25, -0.2) is 4.79 Å². The van der Waals surface area contributed by atoms with Crippen molar-refractivity contribution >= 4 is 11.7 Å². The number of hydrogen-bond acceptors (Lipinski definition) is 6. The number of carbonyl (C=O) groups is 1. The summed E-state index contributed by atoms with van der Waals surface area (Å²) < 4.78 is 14.6. The van der Waals surface area contributed by atoms with Crippen LogP contribution in [0.5, 0.6) is 11.5 Å². The van der Waals surface area contributed by atoms with Crippen LogP contribution in [-0.4, -0.2) is 31.2 Å². The largest absolute Gasteiger partial charge is 0.497 e. The molecular weight excluding hydrogens is 242 g/mol. The molecule has 7 heteroatoms. The summed E-state index contributed by atoms with van der Waals surface area (Å²) >= 11 is 0.